The Bertz CT molecular complexity index is 2470. The summed E-state index contributed by atoms with van der Waals surface area (Å²) in [6.07, 6.45) is -0.923. The van der Waals surface area contributed by atoms with Crippen LogP contribution >= 0.6 is 11.6 Å². The van der Waals surface area contributed by atoms with E-state index in [2.05, 4.69) is 36.8 Å². The molecule has 2 unspecified atom stereocenters. The molecule has 5 amide bonds. The van der Waals surface area contributed by atoms with Crippen LogP contribution in [0.5, 0.6) is 5.75 Å². The van der Waals surface area contributed by atoms with Gasteiger partial charge in [-0.15, -0.1) is 5.10 Å². The van der Waals surface area contributed by atoms with E-state index < -0.39 is 58.8 Å². The molecule has 18 nitrogen and oxygen atoms in total. The van der Waals surface area contributed by atoms with Gasteiger partial charge in [0.25, 0.3) is 0 Å². The molecule has 322 valence electrons. The lowest BCUT2D eigenvalue weighted by atomic mass is 10.00. The number of para-hydroxylation sites is 2. The number of fused-ring (bicyclic) bond motifs is 1. The van der Waals surface area contributed by atoms with Crippen molar-refractivity contribution in [1.29, 1.82) is 0 Å². The fraction of sp³-hybridized carbons (Fsp3) is 0.279. The Morgan fingerprint density at radius 2 is 1.47 bits per heavy atom. The predicted molar refractivity (Wildman–Crippen MR) is 227 cm³/mol. The second-order valence-corrected chi connectivity index (χ2v) is 16.5. The summed E-state index contributed by atoms with van der Waals surface area (Å²) in [4.78, 5) is 84.3. The quantitative estimate of drug-likeness (QED) is 0.0974. The van der Waals surface area contributed by atoms with Crippen LogP contribution < -0.4 is 30.9 Å². The molecule has 0 fully saturated rings. The number of halogens is 1. The first-order valence-corrected chi connectivity index (χ1v) is 19.6. The maximum atomic E-state index is 14.8. The summed E-state index contributed by atoms with van der Waals surface area (Å²) in [5, 5.41) is 21.6. The number of nitrogens with zero attached hydrogens (tertiary/aromatic N) is 5. The van der Waals surface area contributed by atoms with E-state index in [0.717, 1.165) is 4.90 Å². The SMILES string of the molecule is CC(C)(C)OC(=O)N1c2ccccc2CC1(NC(=O)C(Cc1ccc(NC(=O)Oc2ccccc2)cc1)NC(=O)C(=O)Nc1cc(Cl)ccc1-n1cnnn1)C(=O)OC(C)(C)C. The van der Waals surface area contributed by atoms with Crippen molar-refractivity contribution in [2.75, 3.05) is 15.5 Å². The number of tetrazole rings is 1. The molecule has 2 heterocycles. The summed E-state index contributed by atoms with van der Waals surface area (Å²) in [7, 11) is 0. The maximum Gasteiger partial charge on any atom is 0.417 e. The minimum atomic E-state index is -2.23. The number of nitrogens with one attached hydrogen (secondary N) is 4. The molecule has 4 aromatic carbocycles. The average molecular weight is 866 g/mol. The van der Waals surface area contributed by atoms with Crippen molar-refractivity contribution >= 4 is 64.5 Å². The van der Waals surface area contributed by atoms with E-state index >= 15 is 0 Å². The highest BCUT2D eigenvalue weighted by molar-refractivity contribution is 6.40. The molecule has 6 rings (SSSR count). The summed E-state index contributed by atoms with van der Waals surface area (Å²) in [5.41, 5.74) is -2.39. The molecular weight excluding hydrogens is 822 g/mol. The van der Waals surface area contributed by atoms with Gasteiger partial charge in [0.15, 0.2) is 0 Å². The van der Waals surface area contributed by atoms with Crippen molar-refractivity contribution < 1.29 is 43.0 Å². The number of hydrogen-bond donors (Lipinski definition) is 4. The van der Waals surface area contributed by atoms with Crippen molar-refractivity contribution in [3.63, 3.8) is 0 Å². The topological polar surface area (TPSA) is 225 Å². The van der Waals surface area contributed by atoms with Gasteiger partial charge in [-0.3, -0.25) is 19.7 Å². The number of amides is 5. The number of esters is 1. The summed E-state index contributed by atoms with van der Waals surface area (Å²) in [5.74, 6) is -4.07. The van der Waals surface area contributed by atoms with E-state index in [0.29, 0.717) is 22.6 Å². The van der Waals surface area contributed by atoms with Crippen LogP contribution in [0.25, 0.3) is 5.69 Å². The molecule has 4 N–H and O–H groups in total. The molecule has 19 heteroatoms. The molecule has 0 aliphatic carbocycles. The van der Waals surface area contributed by atoms with E-state index in [9.17, 15) is 28.8 Å². The molecule has 0 saturated heterocycles. The Hall–Kier alpha value is -7.34. The second kappa shape index (κ2) is 18.1. The van der Waals surface area contributed by atoms with E-state index in [1.165, 1.54) is 29.2 Å². The fourth-order valence-corrected chi connectivity index (χ4v) is 6.53. The number of aromatic nitrogens is 4. The molecule has 0 saturated carbocycles. The van der Waals surface area contributed by atoms with Gasteiger partial charge in [0.2, 0.25) is 11.6 Å². The van der Waals surface area contributed by atoms with Crippen LogP contribution in [0.15, 0.2) is 103 Å². The third-order valence-electron chi connectivity index (χ3n) is 8.93. The van der Waals surface area contributed by atoms with Crippen molar-refractivity contribution in [1.82, 2.24) is 30.8 Å². The van der Waals surface area contributed by atoms with Gasteiger partial charge in [0.05, 0.1) is 17.1 Å². The first kappa shape index (κ1) is 44.2. The lowest BCUT2D eigenvalue weighted by Gasteiger charge is -2.39. The Balaban J connectivity index is 1.33. The van der Waals surface area contributed by atoms with Crippen molar-refractivity contribution in [3.8, 4) is 11.4 Å². The van der Waals surface area contributed by atoms with Crippen LogP contribution in [0, 0.1) is 0 Å². The van der Waals surface area contributed by atoms with Crippen LogP contribution in [0.1, 0.15) is 52.7 Å². The summed E-state index contributed by atoms with van der Waals surface area (Å²) in [6.45, 7) is 9.85. The zero-order valence-corrected chi connectivity index (χ0v) is 35.4. The summed E-state index contributed by atoms with van der Waals surface area (Å²) < 4.78 is 18.2. The normalized spacial score (nSPS) is 15.0. The van der Waals surface area contributed by atoms with Gasteiger partial charge >= 0.3 is 30.0 Å². The second-order valence-electron chi connectivity index (χ2n) is 16.1. The maximum absolute atomic E-state index is 14.8. The molecule has 1 aliphatic heterocycles. The zero-order chi connectivity index (χ0) is 44.8. The lowest BCUT2D eigenvalue weighted by Crippen LogP contribution is -2.70. The third-order valence-corrected chi connectivity index (χ3v) is 9.16. The minimum Gasteiger partial charge on any atom is -0.457 e. The first-order valence-electron chi connectivity index (χ1n) is 19.2. The first-order chi connectivity index (χ1) is 29.3. The highest BCUT2D eigenvalue weighted by Crippen LogP contribution is 2.40. The predicted octanol–water partition coefficient (Wildman–Crippen LogP) is 5.74. The molecule has 5 aromatic rings. The highest BCUT2D eigenvalue weighted by atomic mass is 35.5. The molecular formula is C43H44ClN9O9. The molecule has 0 spiro atoms. The summed E-state index contributed by atoms with van der Waals surface area (Å²) in [6, 6.07) is 24.2. The van der Waals surface area contributed by atoms with Crippen LogP contribution in [-0.4, -0.2) is 79.0 Å². The fourth-order valence-electron chi connectivity index (χ4n) is 6.36. The number of carbonyl (C=O) groups excluding carboxylic acids is 6. The minimum absolute atomic E-state index is 0.0698. The number of rotatable bonds is 10. The van der Waals surface area contributed by atoms with Crippen molar-refractivity contribution in [2.45, 2.75) is 77.3 Å². The van der Waals surface area contributed by atoms with Gasteiger partial charge in [-0.2, -0.15) is 4.68 Å². The van der Waals surface area contributed by atoms with Gasteiger partial charge in [-0.05, 0) is 112 Å². The van der Waals surface area contributed by atoms with Crippen molar-refractivity contribution in [2.24, 2.45) is 0 Å². The number of anilines is 3. The van der Waals surface area contributed by atoms with Gasteiger partial charge in [0.1, 0.15) is 29.3 Å². The summed E-state index contributed by atoms with van der Waals surface area (Å²) >= 11 is 6.22. The van der Waals surface area contributed by atoms with E-state index in [4.69, 9.17) is 25.8 Å². The van der Waals surface area contributed by atoms with Crippen LogP contribution in [0.2, 0.25) is 5.02 Å². The largest absolute Gasteiger partial charge is 0.457 e. The smallest absolute Gasteiger partial charge is 0.417 e. The number of hydrogen-bond acceptors (Lipinski definition) is 12. The molecule has 0 bridgehead atoms. The lowest BCUT2D eigenvalue weighted by molar-refractivity contribution is -0.164. The van der Waals surface area contributed by atoms with E-state index in [1.807, 2.05) is 0 Å². The number of carbonyl (C=O) groups is 6. The monoisotopic (exact) mass is 865 g/mol. The van der Waals surface area contributed by atoms with Crippen LogP contribution in [0.3, 0.4) is 0 Å². The average Bonchev–Trinajstić information content (AvgIpc) is 3.85. The molecule has 1 aliphatic rings. The highest BCUT2D eigenvalue weighted by Gasteiger charge is 2.57. The number of benzene rings is 4. The standard InChI is InChI=1S/C43H44ClN9O9/c1-41(2,3)61-38(57)43(24-27-12-10-11-15-33(27)53(43)40(59)62-42(4,5)6)49-35(54)32(22-26-16-19-29(20-17-26)46-39(58)60-30-13-8-7-9-14-30)48-37(56)36(55)47-31-23-28(44)18-21-34(31)52-25-45-50-51-52/h7-21,23,25,32H,22,24H2,1-6H3,(H,46,58)(H,47,55)(H,48,56)(H,49,54). The van der Waals surface area contributed by atoms with Crippen LogP contribution in [0.4, 0.5) is 26.7 Å². The Kier molecular flexibility index (Phi) is 12.9. The van der Waals surface area contributed by atoms with Gasteiger partial charge in [-0.1, -0.05) is 60.1 Å². The van der Waals surface area contributed by atoms with E-state index in [1.54, 1.807) is 120 Å². The van der Waals surface area contributed by atoms with E-state index in [-0.39, 0.29) is 34.9 Å². The molecule has 0 radical (unpaired) electrons. The molecule has 2 atom stereocenters. The van der Waals surface area contributed by atoms with Crippen LogP contribution in [-0.2, 0) is 41.5 Å². The van der Waals surface area contributed by atoms with Gasteiger partial charge < -0.3 is 30.2 Å². The zero-order valence-electron chi connectivity index (χ0n) is 34.6. The van der Waals surface area contributed by atoms with Gasteiger partial charge in [0, 0.05) is 23.6 Å². The Labute approximate surface area is 361 Å². The number of ether oxygens (including phenoxy) is 3. The molecule has 1 aromatic heterocycles. The third kappa shape index (κ3) is 10.9. The Morgan fingerprint density at radius 1 is 0.790 bits per heavy atom. The van der Waals surface area contributed by atoms with Gasteiger partial charge in [-0.25, -0.2) is 19.3 Å². The molecule has 62 heavy (non-hydrogen) atoms. The van der Waals surface area contributed by atoms with Crippen molar-refractivity contribution in [3.05, 3.63) is 120 Å². The Morgan fingerprint density at radius 3 is 2.13 bits per heavy atom.